The predicted molar refractivity (Wildman–Crippen MR) is 127 cm³/mol. The molecule has 0 aliphatic carbocycles. The van der Waals surface area contributed by atoms with Crippen molar-refractivity contribution in [2.45, 2.75) is 64.3 Å². The number of rotatable bonds is 8. The number of methoxy groups -OCH3 is 1. The minimum atomic E-state index is -1.96. The minimum Gasteiger partial charge on any atom is -0.469 e. The van der Waals surface area contributed by atoms with E-state index in [0.717, 1.165) is 5.56 Å². The molecule has 0 radical (unpaired) electrons. The standard InChI is InChI=1S/C26H36O4Si/c1-18-23(20(3)29-17-21-13-9-7-10-14-21)30-24(19(2)26(27)28-4)25(18)31(5,6)22-15-11-8-12-16-22/h7-16,18-20,23-25H,17H2,1-6H3/t18-,19-,20+,23-,24-,25+/m1/s1. The van der Waals surface area contributed by atoms with Crippen LogP contribution < -0.4 is 5.19 Å². The second-order valence-electron chi connectivity index (χ2n) is 9.35. The number of esters is 1. The van der Waals surface area contributed by atoms with Crippen LogP contribution >= 0.6 is 0 Å². The van der Waals surface area contributed by atoms with Gasteiger partial charge in [0, 0.05) is 0 Å². The molecule has 1 saturated heterocycles. The van der Waals surface area contributed by atoms with Crippen molar-refractivity contribution in [1.29, 1.82) is 0 Å². The zero-order chi connectivity index (χ0) is 22.6. The molecule has 0 saturated carbocycles. The van der Waals surface area contributed by atoms with E-state index in [9.17, 15) is 4.79 Å². The molecule has 2 aromatic rings. The topological polar surface area (TPSA) is 44.8 Å². The maximum atomic E-state index is 12.5. The van der Waals surface area contributed by atoms with Gasteiger partial charge in [0.1, 0.15) is 0 Å². The molecule has 5 heteroatoms. The smallest absolute Gasteiger partial charge is 0.311 e. The first-order chi connectivity index (χ1) is 14.8. The summed E-state index contributed by atoms with van der Waals surface area (Å²) < 4.78 is 18.0. The molecule has 1 fully saturated rings. The second kappa shape index (κ2) is 10.1. The predicted octanol–water partition coefficient (Wildman–Crippen LogP) is 4.79. The zero-order valence-corrected chi connectivity index (χ0v) is 20.6. The Kier molecular flexibility index (Phi) is 7.73. The van der Waals surface area contributed by atoms with Gasteiger partial charge in [-0.25, -0.2) is 0 Å². The van der Waals surface area contributed by atoms with Crippen molar-refractivity contribution in [3.63, 3.8) is 0 Å². The highest BCUT2D eigenvalue weighted by Gasteiger charge is 2.54. The minimum absolute atomic E-state index is 0.0682. The van der Waals surface area contributed by atoms with Gasteiger partial charge in [-0.3, -0.25) is 4.79 Å². The molecule has 1 aliphatic rings. The third kappa shape index (κ3) is 5.11. The summed E-state index contributed by atoms with van der Waals surface area (Å²) in [6.07, 6.45) is -0.327. The number of benzene rings is 2. The van der Waals surface area contributed by atoms with E-state index in [4.69, 9.17) is 14.2 Å². The summed E-state index contributed by atoms with van der Waals surface area (Å²) in [5, 5.41) is 1.39. The Hall–Kier alpha value is -1.95. The summed E-state index contributed by atoms with van der Waals surface area (Å²) in [5.74, 6) is -0.261. The van der Waals surface area contributed by atoms with E-state index in [2.05, 4.69) is 69.4 Å². The Morgan fingerprint density at radius 2 is 1.58 bits per heavy atom. The van der Waals surface area contributed by atoms with Gasteiger partial charge in [-0.1, -0.05) is 85.9 Å². The molecule has 31 heavy (non-hydrogen) atoms. The average Bonchev–Trinajstić information content (AvgIpc) is 3.15. The van der Waals surface area contributed by atoms with Crippen LogP contribution in [0.15, 0.2) is 60.7 Å². The fourth-order valence-electron chi connectivity index (χ4n) is 5.21. The highest BCUT2D eigenvalue weighted by molar-refractivity contribution is 6.91. The molecule has 0 bridgehead atoms. The van der Waals surface area contributed by atoms with Crippen LogP contribution in [0.1, 0.15) is 26.3 Å². The van der Waals surface area contributed by atoms with Crippen molar-refractivity contribution in [1.82, 2.24) is 0 Å². The van der Waals surface area contributed by atoms with Crippen molar-refractivity contribution >= 4 is 19.2 Å². The summed E-state index contributed by atoms with van der Waals surface area (Å²) in [6, 6.07) is 20.9. The molecule has 1 aliphatic heterocycles. The summed E-state index contributed by atoms with van der Waals surface area (Å²) in [4.78, 5) is 12.5. The quantitative estimate of drug-likeness (QED) is 0.437. The lowest BCUT2D eigenvalue weighted by molar-refractivity contribution is -0.152. The van der Waals surface area contributed by atoms with E-state index in [0.29, 0.717) is 6.61 Å². The number of ether oxygens (including phenoxy) is 3. The summed E-state index contributed by atoms with van der Waals surface area (Å²) in [6.45, 7) is 11.6. The van der Waals surface area contributed by atoms with E-state index in [1.54, 1.807) is 0 Å². The molecule has 168 valence electrons. The first-order valence-electron chi connectivity index (χ1n) is 11.2. The molecule has 2 aromatic carbocycles. The summed E-state index contributed by atoms with van der Waals surface area (Å²) in [5.41, 5.74) is 1.42. The lowest BCUT2D eigenvalue weighted by atomic mass is 9.93. The molecule has 6 atom stereocenters. The van der Waals surface area contributed by atoms with Crippen LogP contribution in [0, 0.1) is 11.8 Å². The monoisotopic (exact) mass is 440 g/mol. The Bertz CT molecular complexity index is 839. The zero-order valence-electron chi connectivity index (χ0n) is 19.6. The number of carbonyl (C=O) groups is 1. The molecule has 3 rings (SSSR count). The SMILES string of the molecule is COC(=O)[C@H](C)[C@H]1O[C@@H]([C@H](C)OCc2ccccc2)[C@@H](C)[C@@H]1[Si](C)(C)c1ccccc1. The number of hydrogen-bond donors (Lipinski definition) is 0. The van der Waals surface area contributed by atoms with Gasteiger partial charge in [-0.05, 0) is 30.9 Å². The molecule has 0 unspecified atom stereocenters. The molecule has 0 spiro atoms. The van der Waals surface area contributed by atoms with Gasteiger partial charge in [0.05, 0.1) is 46.0 Å². The van der Waals surface area contributed by atoms with Gasteiger partial charge < -0.3 is 14.2 Å². The highest BCUT2D eigenvalue weighted by atomic mass is 28.3. The lowest BCUT2D eigenvalue weighted by Crippen LogP contribution is -2.52. The summed E-state index contributed by atoms with van der Waals surface area (Å²) >= 11 is 0. The van der Waals surface area contributed by atoms with E-state index < -0.39 is 8.07 Å². The number of carbonyl (C=O) groups excluding carboxylic acids is 1. The molecule has 4 nitrogen and oxygen atoms in total. The van der Waals surface area contributed by atoms with Gasteiger partial charge in [0.15, 0.2) is 0 Å². The van der Waals surface area contributed by atoms with Crippen LogP contribution in [0.4, 0.5) is 0 Å². The van der Waals surface area contributed by atoms with Crippen LogP contribution in [0.2, 0.25) is 18.6 Å². The molecule has 0 amide bonds. The van der Waals surface area contributed by atoms with E-state index in [-0.39, 0.29) is 41.7 Å². The Morgan fingerprint density at radius 1 is 1.00 bits per heavy atom. The molecule has 0 aromatic heterocycles. The third-order valence-electron chi connectivity index (χ3n) is 6.99. The van der Waals surface area contributed by atoms with Gasteiger partial charge in [-0.2, -0.15) is 0 Å². The van der Waals surface area contributed by atoms with E-state index in [1.165, 1.54) is 12.3 Å². The average molecular weight is 441 g/mol. The second-order valence-corrected chi connectivity index (χ2v) is 14.0. The fraction of sp³-hybridized carbons (Fsp3) is 0.500. The molecule has 0 N–H and O–H groups in total. The first-order valence-corrected chi connectivity index (χ1v) is 14.3. The Labute approximate surface area is 187 Å². The van der Waals surface area contributed by atoms with Gasteiger partial charge in [0.2, 0.25) is 0 Å². The normalized spacial score (nSPS) is 25.7. The molecular formula is C26H36O4Si. The van der Waals surface area contributed by atoms with Crippen molar-refractivity contribution in [2.75, 3.05) is 7.11 Å². The number of hydrogen-bond acceptors (Lipinski definition) is 4. The van der Waals surface area contributed by atoms with Crippen molar-refractivity contribution in [3.8, 4) is 0 Å². The fourth-order valence-corrected chi connectivity index (χ4v) is 9.33. The largest absolute Gasteiger partial charge is 0.469 e. The summed E-state index contributed by atoms with van der Waals surface area (Å²) in [7, 11) is -0.503. The third-order valence-corrected chi connectivity index (χ3v) is 11.3. The Balaban J connectivity index is 1.85. The van der Waals surface area contributed by atoms with Gasteiger partial charge >= 0.3 is 5.97 Å². The van der Waals surface area contributed by atoms with Crippen LogP contribution in [0.25, 0.3) is 0 Å². The van der Waals surface area contributed by atoms with Crippen molar-refractivity contribution in [2.24, 2.45) is 11.8 Å². The van der Waals surface area contributed by atoms with Crippen molar-refractivity contribution in [3.05, 3.63) is 66.2 Å². The van der Waals surface area contributed by atoms with Crippen LogP contribution in [-0.4, -0.2) is 39.5 Å². The van der Waals surface area contributed by atoms with Crippen LogP contribution in [0.5, 0.6) is 0 Å². The highest BCUT2D eigenvalue weighted by Crippen LogP contribution is 2.48. The van der Waals surface area contributed by atoms with E-state index >= 15 is 0 Å². The lowest BCUT2D eigenvalue weighted by Gasteiger charge is -2.37. The maximum Gasteiger partial charge on any atom is 0.311 e. The first kappa shape index (κ1) is 23.7. The van der Waals surface area contributed by atoms with Gasteiger partial charge in [0.25, 0.3) is 0 Å². The Morgan fingerprint density at radius 3 is 2.16 bits per heavy atom. The van der Waals surface area contributed by atoms with Crippen LogP contribution in [0.3, 0.4) is 0 Å². The van der Waals surface area contributed by atoms with E-state index in [1.807, 2.05) is 25.1 Å². The molecular weight excluding hydrogens is 404 g/mol. The molecule has 1 heterocycles. The van der Waals surface area contributed by atoms with Gasteiger partial charge in [-0.15, -0.1) is 0 Å². The van der Waals surface area contributed by atoms with Crippen LogP contribution in [-0.2, 0) is 25.6 Å². The maximum absolute atomic E-state index is 12.5. The van der Waals surface area contributed by atoms with Crippen molar-refractivity contribution < 1.29 is 19.0 Å².